The molecule has 1 aliphatic carbocycles. The van der Waals surface area contributed by atoms with E-state index in [9.17, 15) is 9.59 Å². The zero-order valence-corrected chi connectivity index (χ0v) is 24.0. The van der Waals surface area contributed by atoms with Crippen LogP contribution in [0.25, 0.3) is 0 Å². The van der Waals surface area contributed by atoms with Gasteiger partial charge in [0.05, 0.1) is 20.3 Å². The van der Waals surface area contributed by atoms with Gasteiger partial charge in [-0.05, 0) is 68.1 Å². The molecule has 39 heavy (non-hydrogen) atoms. The van der Waals surface area contributed by atoms with Crippen LogP contribution in [0.2, 0.25) is 0 Å². The van der Waals surface area contributed by atoms with Crippen molar-refractivity contribution in [3.63, 3.8) is 0 Å². The molecular weight excluding hydrogens is 496 g/mol. The summed E-state index contributed by atoms with van der Waals surface area (Å²) in [7, 11) is 4.98. The quantitative estimate of drug-likeness (QED) is 0.266. The zero-order valence-electron chi connectivity index (χ0n) is 24.0. The van der Waals surface area contributed by atoms with E-state index in [2.05, 4.69) is 30.6 Å². The second-order valence-corrected chi connectivity index (χ2v) is 9.82. The molecule has 0 saturated carbocycles. The number of carbonyl (C=O) groups excluding carboxylic acids is 2. The normalized spacial score (nSPS) is 18.9. The maximum atomic E-state index is 13.2. The van der Waals surface area contributed by atoms with Crippen molar-refractivity contribution < 1.29 is 23.8 Å². The van der Waals surface area contributed by atoms with E-state index < -0.39 is 0 Å². The summed E-state index contributed by atoms with van der Waals surface area (Å²) < 4.78 is 16.6. The van der Waals surface area contributed by atoms with Gasteiger partial charge in [-0.15, -0.1) is 0 Å². The number of nitrogens with one attached hydrogen (secondary N) is 2. The summed E-state index contributed by atoms with van der Waals surface area (Å²) in [6.45, 7) is 7.66. The van der Waals surface area contributed by atoms with E-state index >= 15 is 0 Å². The molecule has 0 aromatic heterocycles. The third-order valence-electron chi connectivity index (χ3n) is 7.41. The van der Waals surface area contributed by atoms with Gasteiger partial charge in [-0.25, -0.2) is 4.79 Å². The Balaban J connectivity index is 1.66. The van der Waals surface area contributed by atoms with Crippen LogP contribution in [-0.4, -0.2) is 82.4 Å². The molecule has 214 valence electrons. The number of hydrogen-bond acceptors (Lipinski definition) is 6. The number of allylic oxidation sites excluding steroid dienone is 3. The fourth-order valence-electron chi connectivity index (χ4n) is 5.17. The highest BCUT2D eigenvalue weighted by molar-refractivity contribution is 5.89. The highest BCUT2D eigenvalue weighted by atomic mass is 16.5. The summed E-state index contributed by atoms with van der Waals surface area (Å²) in [5, 5.41) is 6.32. The van der Waals surface area contributed by atoms with Gasteiger partial charge in [0.25, 0.3) is 0 Å². The molecule has 2 atom stereocenters. The van der Waals surface area contributed by atoms with Crippen molar-refractivity contribution in [2.24, 2.45) is 5.92 Å². The average molecular weight is 541 g/mol. The Morgan fingerprint density at radius 2 is 1.97 bits per heavy atom. The van der Waals surface area contributed by atoms with E-state index in [1.54, 1.807) is 32.3 Å². The summed E-state index contributed by atoms with van der Waals surface area (Å²) in [6, 6.07) is 7.21. The molecule has 2 aliphatic rings. The zero-order chi connectivity index (χ0) is 28.2. The number of benzene rings is 1. The SMILES string of the molecule is CCNCCCN(CCCC1=CCC2=C(CN1C=O)C(C)C(OC)C=C2OC)C(=O)Nc1cccc(OC)c1. The molecular formula is C30H44N4O5. The van der Waals surface area contributed by atoms with Gasteiger partial charge in [0.2, 0.25) is 6.41 Å². The summed E-state index contributed by atoms with van der Waals surface area (Å²) >= 11 is 0. The predicted octanol–water partition coefficient (Wildman–Crippen LogP) is 4.55. The maximum absolute atomic E-state index is 13.2. The highest BCUT2D eigenvalue weighted by Gasteiger charge is 2.32. The molecule has 1 aromatic rings. The van der Waals surface area contributed by atoms with Crippen molar-refractivity contribution in [2.45, 2.75) is 45.6 Å². The number of nitrogens with zero attached hydrogens (tertiary/aromatic N) is 2. The monoisotopic (exact) mass is 540 g/mol. The van der Waals surface area contributed by atoms with Crippen molar-refractivity contribution in [3.8, 4) is 5.75 Å². The van der Waals surface area contributed by atoms with Crippen LogP contribution in [0, 0.1) is 5.92 Å². The molecule has 1 heterocycles. The lowest BCUT2D eigenvalue weighted by Crippen LogP contribution is -2.38. The summed E-state index contributed by atoms with van der Waals surface area (Å²) in [4.78, 5) is 29.0. The number of hydrogen-bond donors (Lipinski definition) is 2. The van der Waals surface area contributed by atoms with Gasteiger partial charge in [0.1, 0.15) is 11.5 Å². The molecule has 0 spiro atoms. The number of ether oxygens (including phenoxy) is 3. The third kappa shape index (κ3) is 8.10. The molecule has 3 amide bonds. The van der Waals surface area contributed by atoms with Crippen molar-refractivity contribution >= 4 is 18.1 Å². The van der Waals surface area contributed by atoms with Gasteiger partial charge in [-0.3, -0.25) is 4.79 Å². The fraction of sp³-hybridized carbons (Fsp3) is 0.533. The number of rotatable bonds is 14. The van der Waals surface area contributed by atoms with Gasteiger partial charge >= 0.3 is 6.03 Å². The lowest BCUT2D eigenvalue weighted by Gasteiger charge is -2.32. The first kappa shape index (κ1) is 30.2. The Morgan fingerprint density at radius 3 is 2.67 bits per heavy atom. The number of urea groups is 1. The molecule has 9 nitrogen and oxygen atoms in total. The molecule has 0 bridgehead atoms. The molecule has 3 rings (SSSR count). The topological polar surface area (TPSA) is 92.4 Å². The largest absolute Gasteiger partial charge is 0.497 e. The first-order chi connectivity index (χ1) is 18.9. The van der Waals surface area contributed by atoms with Crippen LogP contribution in [0.15, 0.2) is 59.0 Å². The summed E-state index contributed by atoms with van der Waals surface area (Å²) in [6.07, 6.45) is 7.93. The van der Waals surface area contributed by atoms with E-state index in [0.29, 0.717) is 43.9 Å². The smallest absolute Gasteiger partial charge is 0.321 e. The molecule has 0 radical (unpaired) electrons. The number of methoxy groups -OCH3 is 3. The Hall–Kier alpha value is -3.30. The lowest BCUT2D eigenvalue weighted by molar-refractivity contribution is -0.116. The van der Waals surface area contributed by atoms with E-state index in [1.807, 2.05) is 29.2 Å². The van der Waals surface area contributed by atoms with Gasteiger partial charge in [0.15, 0.2) is 0 Å². The van der Waals surface area contributed by atoms with E-state index in [4.69, 9.17) is 14.2 Å². The Bertz CT molecular complexity index is 1070. The molecule has 1 aliphatic heterocycles. The van der Waals surface area contributed by atoms with Crippen LogP contribution in [0.3, 0.4) is 0 Å². The van der Waals surface area contributed by atoms with Crippen LogP contribution >= 0.6 is 0 Å². The minimum atomic E-state index is -0.145. The van der Waals surface area contributed by atoms with Crippen molar-refractivity contribution in [2.75, 3.05) is 59.4 Å². The second kappa shape index (κ2) is 15.3. The standard InChI is InChI=1S/C30H44N4O5/c1-6-31-15-9-17-33(30(36)32-23-10-7-12-25(18-23)37-3)16-8-11-24-13-14-26-27(20-34(24)21-35)22(2)28(38-4)19-29(26)39-5/h7,10,12-13,18-19,21-22,28,31H,6,8-9,11,14-17,20H2,1-5H3,(H,32,36). The first-order valence-electron chi connectivity index (χ1n) is 13.8. The van der Waals surface area contributed by atoms with Gasteiger partial charge in [-0.2, -0.15) is 0 Å². The summed E-state index contributed by atoms with van der Waals surface area (Å²) in [5.74, 6) is 1.65. The third-order valence-corrected chi connectivity index (χ3v) is 7.41. The molecule has 9 heteroatoms. The fourth-order valence-corrected chi connectivity index (χ4v) is 5.17. The number of amides is 3. The maximum Gasteiger partial charge on any atom is 0.321 e. The van der Waals surface area contributed by atoms with Crippen molar-refractivity contribution in [1.82, 2.24) is 15.1 Å². The first-order valence-corrected chi connectivity index (χ1v) is 13.8. The molecule has 1 aromatic carbocycles. The average Bonchev–Trinajstić information content (AvgIpc) is 3.14. The van der Waals surface area contributed by atoms with Gasteiger partial charge in [-0.1, -0.05) is 26.0 Å². The Kier molecular flexibility index (Phi) is 11.9. The predicted molar refractivity (Wildman–Crippen MR) is 154 cm³/mol. The van der Waals surface area contributed by atoms with Crippen LogP contribution < -0.4 is 15.4 Å². The van der Waals surface area contributed by atoms with Gasteiger partial charge in [0, 0.05) is 50.1 Å². The molecule has 2 N–H and O–H groups in total. The van der Waals surface area contributed by atoms with Crippen LogP contribution in [-0.2, 0) is 14.3 Å². The lowest BCUT2D eigenvalue weighted by atomic mass is 9.84. The van der Waals surface area contributed by atoms with Crippen LogP contribution in [0.5, 0.6) is 5.75 Å². The Labute approximate surface area is 232 Å². The van der Waals surface area contributed by atoms with Crippen molar-refractivity contribution in [3.05, 3.63) is 59.0 Å². The molecule has 0 saturated heterocycles. The van der Waals surface area contributed by atoms with E-state index in [1.165, 1.54) is 5.57 Å². The molecule has 2 unspecified atom stereocenters. The minimum Gasteiger partial charge on any atom is -0.497 e. The highest BCUT2D eigenvalue weighted by Crippen LogP contribution is 2.37. The second-order valence-electron chi connectivity index (χ2n) is 9.82. The van der Waals surface area contributed by atoms with E-state index in [-0.39, 0.29) is 18.1 Å². The van der Waals surface area contributed by atoms with Crippen molar-refractivity contribution in [1.29, 1.82) is 0 Å². The van der Waals surface area contributed by atoms with Gasteiger partial charge < -0.3 is 34.6 Å². The van der Waals surface area contributed by atoms with Crippen LogP contribution in [0.4, 0.5) is 10.5 Å². The number of carbonyl (C=O) groups is 2. The van der Waals surface area contributed by atoms with Crippen LogP contribution in [0.1, 0.15) is 39.5 Å². The Morgan fingerprint density at radius 1 is 1.18 bits per heavy atom. The number of anilines is 1. The summed E-state index contributed by atoms with van der Waals surface area (Å²) in [5.41, 5.74) is 3.96. The minimum absolute atomic E-state index is 0.0902. The van der Waals surface area contributed by atoms with E-state index in [0.717, 1.165) is 49.4 Å². The molecule has 0 fully saturated rings.